The second-order valence-corrected chi connectivity index (χ2v) is 5.26. The Morgan fingerprint density at radius 1 is 1.29 bits per heavy atom. The zero-order chi connectivity index (χ0) is 15.6. The van der Waals surface area contributed by atoms with Crippen LogP contribution in [0.3, 0.4) is 0 Å². The molecular formula is C14H21NO6. The summed E-state index contributed by atoms with van der Waals surface area (Å²) in [4.78, 5) is 1.78. The molecule has 1 saturated heterocycles. The van der Waals surface area contributed by atoms with E-state index in [1.54, 1.807) is 36.2 Å². The number of benzene rings is 1. The summed E-state index contributed by atoms with van der Waals surface area (Å²) in [5.41, 5.74) is 0.562. The molecule has 1 aromatic carbocycles. The Morgan fingerprint density at radius 3 is 2.57 bits per heavy atom. The van der Waals surface area contributed by atoms with Gasteiger partial charge in [-0.05, 0) is 13.1 Å². The predicted molar refractivity (Wildman–Crippen MR) is 73.5 cm³/mol. The third kappa shape index (κ3) is 3.34. The largest absolute Gasteiger partial charge is 0.508 e. The van der Waals surface area contributed by atoms with Crippen LogP contribution in [-0.4, -0.2) is 75.0 Å². The maximum atomic E-state index is 10.0. The predicted octanol–water partition coefficient (Wildman–Crippen LogP) is -1.20. The van der Waals surface area contributed by atoms with Crippen LogP contribution < -0.4 is 0 Å². The summed E-state index contributed by atoms with van der Waals surface area (Å²) in [5.74, 6) is 0.0837. The zero-order valence-corrected chi connectivity index (χ0v) is 11.7. The first kappa shape index (κ1) is 16.2. The summed E-state index contributed by atoms with van der Waals surface area (Å²) in [5, 5.41) is 47.8. The number of phenols is 1. The molecule has 1 aliphatic rings. The Bertz CT molecular complexity index is 471. The number of rotatable bonds is 5. The summed E-state index contributed by atoms with van der Waals surface area (Å²) in [6.07, 6.45) is -5.57. The fourth-order valence-electron chi connectivity index (χ4n) is 2.44. The first-order valence-corrected chi connectivity index (χ1v) is 6.74. The quantitative estimate of drug-likeness (QED) is 0.464. The van der Waals surface area contributed by atoms with Crippen LogP contribution in [0, 0.1) is 0 Å². The SMILES string of the molecule is CN1C[C@@H]([C@@H](O)[C@H](O)[C@H](O)CO)O[C@@H]1c1ccccc1O. The minimum atomic E-state index is -1.50. The number of aliphatic hydroxyl groups excluding tert-OH is 4. The molecule has 7 nitrogen and oxygen atoms in total. The first-order chi connectivity index (χ1) is 9.95. The Balaban J connectivity index is 2.09. The van der Waals surface area contributed by atoms with Gasteiger partial charge in [-0.1, -0.05) is 18.2 Å². The first-order valence-electron chi connectivity index (χ1n) is 6.74. The van der Waals surface area contributed by atoms with E-state index in [0.717, 1.165) is 0 Å². The van der Waals surface area contributed by atoms with E-state index in [4.69, 9.17) is 9.84 Å². The molecule has 0 spiro atoms. The van der Waals surface area contributed by atoms with E-state index in [9.17, 15) is 20.4 Å². The van der Waals surface area contributed by atoms with Crippen molar-refractivity contribution >= 4 is 0 Å². The summed E-state index contributed by atoms with van der Waals surface area (Å²) < 4.78 is 5.68. The monoisotopic (exact) mass is 299 g/mol. The van der Waals surface area contributed by atoms with E-state index in [0.29, 0.717) is 12.1 Å². The lowest BCUT2D eigenvalue weighted by molar-refractivity contribution is -0.128. The van der Waals surface area contributed by atoms with Crippen LogP contribution in [0.15, 0.2) is 24.3 Å². The summed E-state index contributed by atoms with van der Waals surface area (Å²) in [6, 6.07) is 6.72. The van der Waals surface area contributed by atoms with Gasteiger partial charge in [0.1, 0.15) is 36.4 Å². The summed E-state index contributed by atoms with van der Waals surface area (Å²) in [7, 11) is 1.76. The Kier molecular flexibility index (Phi) is 5.15. The molecule has 0 aliphatic carbocycles. The third-order valence-electron chi connectivity index (χ3n) is 3.69. The van der Waals surface area contributed by atoms with Crippen LogP contribution in [0.1, 0.15) is 11.8 Å². The third-order valence-corrected chi connectivity index (χ3v) is 3.69. The average Bonchev–Trinajstić information content (AvgIpc) is 2.87. The highest BCUT2D eigenvalue weighted by atomic mass is 16.5. The molecule has 0 aromatic heterocycles. The average molecular weight is 299 g/mol. The smallest absolute Gasteiger partial charge is 0.140 e. The molecule has 5 atom stereocenters. The van der Waals surface area contributed by atoms with Gasteiger partial charge in [0.15, 0.2) is 0 Å². The maximum absolute atomic E-state index is 10.0. The molecule has 1 heterocycles. The maximum Gasteiger partial charge on any atom is 0.140 e. The minimum Gasteiger partial charge on any atom is -0.508 e. The second-order valence-electron chi connectivity index (χ2n) is 5.26. The van der Waals surface area contributed by atoms with Gasteiger partial charge in [0.05, 0.1) is 6.61 Å². The van der Waals surface area contributed by atoms with Crippen molar-refractivity contribution in [1.82, 2.24) is 4.90 Å². The highest BCUT2D eigenvalue weighted by Crippen LogP contribution is 2.35. The van der Waals surface area contributed by atoms with E-state index < -0.39 is 37.3 Å². The van der Waals surface area contributed by atoms with E-state index >= 15 is 0 Å². The highest BCUT2D eigenvalue weighted by molar-refractivity contribution is 5.33. The van der Waals surface area contributed by atoms with Crippen molar-refractivity contribution in [3.05, 3.63) is 29.8 Å². The Morgan fingerprint density at radius 2 is 1.95 bits per heavy atom. The van der Waals surface area contributed by atoms with E-state index in [2.05, 4.69) is 0 Å². The standard InChI is InChI=1S/C14H21NO6/c1-15-6-11(13(20)12(19)10(18)7-16)21-14(15)8-4-2-3-5-9(8)17/h2-5,10-14,16-20H,6-7H2,1H3/t10-,11+,12-,13-,14-/m1/s1. The van der Waals surface area contributed by atoms with Crippen molar-refractivity contribution < 1.29 is 30.3 Å². The van der Waals surface area contributed by atoms with Gasteiger partial charge in [-0.3, -0.25) is 4.90 Å². The van der Waals surface area contributed by atoms with Crippen LogP contribution in [-0.2, 0) is 4.74 Å². The molecule has 1 aliphatic heterocycles. The van der Waals surface area contributed by atoms with Crippen LogP contribution in [0.4, 0.5) is 0 Å². The van der Waals surface area contributed by atoms with Crippen molar-refractivity contribution in [2.75, 3.05) is 20.2 Å². The Labute approximate surface area is 122 Å². The lowest BCUT2D eigenvalue weighted by Gasteiger charge is -2.25. The van der Waals surface area contributed by atoms with Gasteiger partial charge in [-0.2, -0.15) is 0 Å². The number of ether oxygens (including phenoxy) is 1. The van der Waals surface area contributed by atoms with E-state index in [1.807, 2.05) is 0 Å². The van der Waals surface area contributed by atoms with E-state index in [-0.39, 0.29) is 5.75 Å². The van der Waals surface area contributed by atoms with Gasteiger partial charge < -0.3 is 30.3 Å². The fraction of sp³-hybridized carbons (Fsp3) is 0.571. The fourth-order valence-corrected chi connectivity index (χ4v) is 2.44. The van der Waals surface area contributed by atoms with Crippen molar-refractivity contribution in [2.24, 2.45) is 0 Å². The summed E-state index contributed by atoms with van der Waals surface area (Å²) >= 11 is 0. The van der Waals surface area contributed by atoms with E-state index in [1.165, 1.54) is 0 Å². The molecule has 0 radical (unpaired) electrons. The molecule has 1 fully saturated rings. The normalized spacial score (nSPS) is 27.5. The van der Waals surface area contributed by atoms with Gasteiger partial charge in [-0.15, -0.1) is 0 Å². The van der Waals surface area contributed by atoms with Crippen molar-refractivity contribution in [2.45, 2.75) is 30.6 Å². The number of aromatic hydroxyl groups is 1. The lowest BCUT2D eigenvalue weighted by atomic mass is 10.0. The van der Waals surface area contributed by atoms with Crippen LogP contribution in [0.2, 0.25) is 0 Å². The van der Waals surface area contributed by atoms with Crippen LogP contribution in [0.25, 0.3) is 0 Å². The number of para-hydroxylation sites is 1. The van der Waals surface area contributed by atoms with Crippen molar-refractivity contribution in [1.29, 1.82) is 0 Å². The molecule has 21 heavy (non-hydrogen) atoms. The van der Waals surface area contributed by atoms with Crippen molar-refractivity contribution in [3.8, 4) is 5.75 Å². The minimum absolute atomic E-state index is 0.0837. The molecule has 7 heteroatoms. The zero-order valence-electron chi connectivity index (χ0n) is 11.7. The molecule has 5 N–H and O–H groups in total. The van der Waals surface area contributed by atoms with Gasteiger partial charge in [0, 0.05) is 12.1 Å². The lowest BCUT2D eigenvalue weighted by Crippen LogP contribution is -2.47. The van der Waals surface area contributed by atoms with Crippen LogP contribution in [0.5, 0.6) is 5.75 Å². The van der Waals surface area contributed by atoms with Crippen molar-refractivity contribution in [3.63, 3.8) is 0 Å². The molecule has 0 amide bonds. The number of aliphatic hydroxyl groups is 4. The molecular weight excluding hydrogens is 278 g/mol. The van der Waals surface area contributed by atoms with Crippen LogP contribution >= 0.6 is 0 Å². The highest BCUT2D eigenvalue weighted by Gasteiger charge is 2.40. The molecule has 0 bridgehead atoms. The number of nitrogens with zero attached hydrogens (tertiary/aromatic N) is 1. The van der Waals surface area contributed by atoms with Gasteiger partial charge in [0.2, 0.25) is 0 Å². The molecule has 0 saturated carbocycles. The van der Waals surface area contributed by atoms with Gasteiger partial charge >= 0.3 is 0 Å². The number of hydrogen-bond acceptors (Lipinski definition) is 7. The number of phenolic OH excluding ortho intramolecular Hbond substituents is 1. The van der Waals surface area contributed by atoms with Gasteiger partial charge in [-0.25, -0.2) is 0 Å². The molecule has 1 aromatic rings. The molecule has 118 valence electrons. The molecule has 2 rings (SSSR count). The Hall–Kier alpha value is -1.22. The number of likely N-dealkylation sites (N-methyl/N-ethyl adjacent to an activating group) is 1. The van der Waals surface area contributed by atoms with Gasteiger partial charge in [0.25, 0.3) is 0 Å². The summed E-state index contributed by atoms with van der Waals surface area (Å²) in [6.45, 7) is -0.334. The molecule has 0 unspecified atom stereocenters. The number of hydrogen-bond donors (Lipinski definition) is 5. The second kappa shape index (κ2) is 6.69. The topological polar surface area (TPSA) is 114 Å².